The van der Waals surface area contributed by atoms with Crippen molar-refractivity contribution < 1.29 is 9.47 Å². The Bertz CT molecular complexity index is 434. The summed E-state index contributed by atoms with van der Waals surface area (Å²) in [6, 6.07) is 4.27. The first-order valence-electron chi connectivity index (χ1n) is 6.08. The van der Waals surface area contributed by atoms with Gasteiger partial charge in [0.25, 0.3) is 0 Å². The second-order valence-corrected chi connectivity index (χ2v) is 4.77. The van der Waals surface area contributed by atoms with Gasteiger partial charge in [-0.25, -0.2) is 0 Å². The minimum absolute atomic E-state index is 0.660. The van der Waals surface area contributed by atoms with E-state index in [-0.39, 0.29) is 0 Å². The number of nitrogens with zero attached hydrogens (tertiary/aromatic N) is 2. The molecule has 92 valence electrons. The summed E-state index contributed by atoms with van der Waals surface area (Å²) in [5.74, 6) is 1.96. The van der Waals surface area contributed by atoms with Crippen molar-refractivity contribution in [3.05, 3.63) is 23.3 Å². The molecule has 0 spiro atoms. The first kappa shape index (κ1) is 10.9. The van der Waals surface area contributed by atoms with Crippen LogP contribution in [0.4, 0.5) is 0 Å². The molecule has 17 heavy (non-hydrogen) atoms. The van der Waals surface area contributed by atoms with Crippen molar-refractivity contribution in [1.29, 1.82) is 0 Å². The predicted octanol–water partition coefficient (Wildman–Crippen LogP) is 1.64. The molecule has 4 heteroatoms. The fraction of sp³-hybridized carbons (Fsp3) is 0.538. The number of hydrogen-bond donors (Lipinski definition) is 0. The molecule has 3 rings (SSSR count). The molecule has 4 nitrogen and oxygen atoms in total. The highest BCUT2D eigenvalue weighted by atomic mass is 16.5. The van der Waals surface area contributed by atoms with Gasteiger partial charge < -0.3 is 9.47 Å². The molecule has 0 unspecified atom stereocenters. The van der Waals surface area contributed by atoms with Crippen LogP contribution in [0.3, 0.4) is 0 Å². The minimum atomic E-state index is 0.660. The van der Waals surface area contributed by atoms with Gasteiger partial charge in [-0.15, -0.1) is 0 Å². The van der Waals surface area contributed by atoms with Crippen LogP contribution in [0.5, 0.6) is 11.5 Å². The Morgan fingerprint density at radius 1 is 1.06 bits per heavy atom. The first-order valence-corrected chi connectivity index (χ1v) is 6.08. The van der Waals surface area contributed by atoms with Crippen molar-refractivity contribution >= 4 is 0 Å². The monoisotopic (exact) mass is 234 g/mol. The van der Waals surface area contributed by atoms with Gasteiger partial charge >= 0.3 is 0 Å². The highest BCUT2D eigenvalue weighted by molar-refractivity contribution is 5.47. The van der Waals surface area contributed by atoms with Crippen molar-refractivity contribution in [1.82, 2.24) is 9.80 Å². The molecule has 0 saturated carbocycles. The molecule has 1 aromatic rings. The Morgan fingerprint density at radius 2 is 1.76 bits per heavy atom. The van der Waals surface area contributed by atoms with Crippen LogP contribution in [0.15, 0.2) is 12.1 Å². The summed E-state index contributed by atoms with van der Waals surface area (Å²) in [7, 11) is 2.07. The van der Waals surface area contributed by atoms with Gasteiger partial charge in [-0.1, -0.05) is 6.92 Å². The van der Waals surface area contributed by atoms with E-state index in [0.29, 0.717) is 13.5 Å². The third kappa shape index (κ3) is 1.98. The number of fused-ring (bicyclic) bond motifs is 2. The molecule has 0 atom stereocenters. The van der Waals surface area contributed by atoms with Gasteiger partial charge in [0.2, 0.25) is 0 Å². The maximum atomic E-state index is 5.75. The van der Waals surface area contributed by atoms with Crippen LogP contribution in [0, 0.1) is 0 Å². The summed E-state index contributed by atoms with van der Waals surface area (Å²) in [6.07, 6.45) is 0. The van der Waals surface area contributed by atoms with Crippen molar-refractivity contribution in [2.24, 2.45) is 0 Å². The highest BCUT2D eigenvalue weighted by Crippen LogP contribution is 2.34. The summed E-state index contributed by atoms with van der Waals surface area (Å²) < 4.78 is 11.4. The second-order valence-electron chi connectivity index (χ2n) is 4.77. The second kappa shape index (κ2) is 4.20. The Labute approximate surface area is 102 Å². The molecule has 2 aliphatic heterocycles. The maximum Gasteiger partial charge on any atom is 0.142 e. The topological polar surface area (TPSA) is 24.9 Å². The zero-order chi connectivity index (χ0) is 11.8. The Morgan fingerprint density at radius 3 is 2.53 bits per heavy atom. The standard InChI is InChI=1S/C13H18N2O2/c1-3-15-7-11-4-10-6-14(2)8-16-12(10)5-13(11)17-9-15/h4-5H,3,6-9H2,1-2H3. The van der Waals surface area contributed by atoms with E-state index in [1.807, 2.05) is 6.07 Å². The zero-order valence-corrected chi connectivity index (χ0v) is 10.4. The third-order valence-corrected chi connectivity index (χ3v) is 3.37. The SMILES string of the molecule is CCN1COc2cc3c(cc2C1)CN(C)CO3. The molecule has 0 aromatic heterocycles. The van der Waals surface area contributed by atoms with Crippen molar-refractivity contribution in [2.45, 2.75) is 20.0 Å². The van der Waals surface area contributed by atoms with Crippen LogP contribution < -0.4 is 9.47 Å². The summed E-state index contributed by atoms with van der Waals surface area (Å²) in [4.78, 5) is 4.44. The number of rotatable bonds is 1. The highest BCUT2D eigenvalue weighted by Gasteiger charge is 2.21. The Hall–Kier alpha value is -1.26. The van der Waals surface area contributed by atoms with Crippen LogP contribution in [-0.4, -0.2) is 36.9 Å². The van der Waals surface area contributed by atoms with Crippen LogP contribution >= 0.6 is 0 Å². The largest absolute Gasteiger partial charge is 0.478 e. The quantitative estimate of drug-likeness (QED) is 0.737. The molecule has 1 aromatic carbocycles. The molecule has 2 heterocycles. The van der Waals surface area contributed by atoms with Crippen LogP contribution in [0.25, 0.3) is 0 Å². The van der Waals surface area contributed by atoms with Gasteiger partial charge in [0.1, 0.15) is 25.0 Å². The fourth-order valence-corrected chi connectivity index (χ4v) is 2.34. The first-order chi connectivity index (χ1) is 8.26. The van der Waals surface area contributed by atoms with Crippen LogP contribution in [-0.2, 0) is 13.1 Å². The summed E-state index contributed by atoms with van der Waals surface area (Å²) in [6.45, 7) is 6.45. The molecule has 0 bridgehead atoms. The van der Waals surface area contributed by atoms with E-state index in [2.05, 4.69) is 29.8 Å². The molecule has 0 fully saturated rings. The van der Waals surface area contributed by atoms with Crippen LogP contribution in [0.1, 0.15) is 18.1 Å². The minimum Gasteiger partial charge on any atom is -0.478 e. The maximum absolute atomic E-state index is 5.75. The molecular formula is C13H18N2O2. The van der Waals surface area contributed by atoms with E-state index in [9.17, 15) is 0 Å². The molecular weight excluding hydrogens is 216 g/mol. The van der Waals surface area contributed by atoms with Gasteiger partial charge in [-0.05, 0) is 19.7 Å². The lowest BCUT2D eigenvalue weighted by atomic mass is 10.1. The van der Waals surface area contributed by atoms with Gasteiger partial charge in [0.05, 0.1) is 0 Å². The fourth-order valence-electron chi connectivity index (χ4n) is 2.34. The van der Waals surface area contributed by atoms with E-state index in [0.717, 1.165) is 31.1 Å². The lowest BCUT2D eigenvalue weighted by Crippen LogP contribution is -2.33. The molecule has 2 aliphatic rings. The molecule has 0 N–H and O–H groups in total. The summed E-state index contributed by atoms with van der Waals surface area (Å²) >= 11 is 0. The van der Waals surface area contributed by atoms with Gasteiger partial charge in [-0.2, -0.15) is 0 Å². The summed E-state index contributed by atoms with van der Waals surface area (Å²) in [5, 5.41) is 0. The molecule has 0 radical (unpaired) electrons. The van der Waals surface area contributed by atoms with E-state index in [4.69, 9.17) is 9.47 Å². The Kier molecular flexibility index (Phi) is 2.68. The van der Waals surface area contributed by atoms with E-state index < -0.39 is 0 Å². The average molecular weight is 234 g/mol. The normalized spacial score (nSPS) is 20.1. The number of benzene rings is 1. The van der Waals surface area contributed by atoms with Gasteiger partial charge in [-0.3, -0.25) is 9.80 Å². The number of ether oxygens (including phenoxy) is 2. The molecule has 0 amide bonds. The van der Waals surface area contributed by atoms with E-state index >= 15 is 0 Å². The predicted molar refractivity (Wildman–Crippen MR) is 65.0 cm³/mol. The zero-order valence-electron chi connectivity index (χ0n) is 10.4. The molecule has 0 saturated heterocycles. The third-order valence-electron chi connectivity index (χ3n) is 3.37. The van der Waals surface area contributed by atoms with Crippen LogP contribution in [0.2, 0.25) is 0 Å². The Balaban J connectivity index is 1.93. The van der Waals surface area contributed by atoms with E-state index in [1.54, 1.807) is 0 Å². The molecule has 0 aliphatic carbocycles. The van der Waals surface area contributed by atoms with E-state index in [1.165, 1.54) is 11.1 Å². The lowest BCUT2D eigenvalue weighted by Gasteiger charge is -2.31. The van der Waals surface area contributed by atoms with Crippen molar-refractivity contribution in [3.8, 4) is 11.5 Å². The van der Waals surface area contributed by atoms with Gasteiger partial charge in [0.15, 0.2) is 0 Å². The van der Waals surface area contributed by atoms with Crippen molar-refractivity contribution in [2.75, 3.05) is 27.1 Å². The van der Waals surface area contributed by atoms with Gasteiger partial charge in [0, 0.05) is 30.3 Å². The summed E-state index contributed by atoms with van der Waals surface area (Å²) in [5.41, 5.74) is 2.54. The number of hydrogen-bond acceptors (Lipinski definition) is 4. The smallest absolute Gasteiger partial charge is 0.142 e. The average Bonchev–Trinajstić information content (AvgIpc) is 2.35. The van der Waals surface area contributed by atoms with Crippen molar-refractivity contribution in [3.63, 3.8) is 0 Å². The lowest BCUT2D eigenvalue weighted by molar-refractivity contribution is 0.0957.